The van der Waals surface area contributed by atoms with Gasteiger partial charge in [0.25, 0.3) is 0 Å². The molecule has 0 saturated carbocycles. The summed E-state index contributed by atoms with van der Waals surface area (Å²) < 4.78 is 0.177. The van der Waals surface area contributed by atoms with Gasteiger partial charge in [-0.2, -0.15) is 16.9 Å². The highest BCUT2D eigenvalue weighted by Gasteiger charge is 2.15. The van der Waals surface area contributed by atoms with Crippen LogP contribution in [0.3, 0.4) is 0 Å². The molecule has 0 spiro atoms. The van der Waals surface area contributed by atoms with E-state index in [9.17, 15) is 0 Å². The molecule has 0 aliphatic rings. The van der Waals surface area contributed by atoms with Crippen molar-refractivity contribution < 1.29 is 0 Å². The summed E-state index contributed by atoms with van der Waals surface area (Å²) in [6.45, 7) is 11.2. The van der Waals surface area contributed by atoms with E-state index >= 15 is 0 Å². The van der Waals surface area contributed by atoms with Gasteiger partial charge in [0, 0.05) is 23.5 Å². The van der Waals surface area contributed by atoms with E-state index in [2.05, 4.69) is 59.8 Å². The fourth-order valence-corrected chi connectivity index (χ4v) is 1.98. The standard InChI is InChI=1S/C15H29N5S/c1-6-16-14(18-11-15(3,4)21-5)17-9-7-8-13-10-19-20-12(13)2/h10H,6-9,11H2,1-5H3,(H,19,20)(H2,16,17,18). The Morgan fingerprint density at radius 1 is 1.43 bits per heavy atom. The van der Waals surface area contributed by atoms with Crippen LogP contribution in [0.5, 0.6) is 0 Å². The maximum Gasteiger partial charge on any atom is 0.191 e. The fourth-order valence-electron chi connectivity index (χ4n) is 1.79. The van der Waals surface area contributed by atoms with Crippen molar-refractivity contribution in [1.29, 1.82) is 0 Å². The largest absolute Gasteiger partial charge is 0.357 e. The molecule has 0 saturated heterocycles. The summed E-state index contributed by atoms with van der Waals surface area (Å²) in [5, 5.41) is 13.7. The SMILES string of the molecule is CCNC(=NCC(C)(C)SC)NCCCc1cn[nH]c1C. The summed E-state index contributed by atoms with van der Waals surface area (Å²) in [6, 6.07) is 0. The average molecular weight is 311 g/mol. The number of nitrogens with one attached hydrogen (secondary N) is 3. The Hall–Kier alpha value is -1.17. The van der Waals surface area contributed by atoms with Crippen LogP contribution in [0.15, 0.2) is 11.2 Å². The monoisotopic (exact) mass is 311 g/mol. The van der Waals surface area contributed by atoms with Crippen molar-refractivity contribution in [2.45, 2.75) is 45.3 Å². The maximum atomic E-state index is 4.66. The van der Waals surface area contributed by atoms with Crippen LogP contribution in [-0.4, -0.2) is 46.8 Å². The summed E-state index contributed by atoms with van der Waals surface area (Å²) in [6.07, 6.45) is 6.14. The van der Waals surface area contributed by atoms with Crippen molar-refractivity contribution >= 4 is 17.7 Å². The first-order valence-electron chi connectivity index (χ1n) is 7.54. The maximum absolute atomic E-state index is 4.66. The van der Waals surface area contributed by atoms with Crippen molar-refractivity contribution in [3.05, 3.63) is 17.5 Å². The Kier molecular flexibility index (Phi) is 7.64. The number of aliphatic imine (C=N–C) groups is 1. The minimum absolute atomic E-state index is 0.177. The molecule has 0 unspecified atom stereocenters. The Labute approximate surface area is 132 Å². The molecule has 3 N–H and O–H groups in total. The molecule has 1 rings (SSSR count). The smallest absolute Gasteiger partial charge is 0.191 e. The molecule has 0 bridgehead atoms. The van der Waals surface area contributed by atoms with Crippen molar-refractivity contribution in [1.82, 2.24) is 20.8 Å². The second-order valence-corrected chi connectivity index (χ2v) is 7.22. The molecule has 6 heteroatoms. The minimum atomic E-state index is 0.177. The van der Waals surface area contributed by atoms with E-state index < -0.39 is 0 Å². The Morgan fingerprint density at radius 2 is 2.19 bits per heavy atom. The van der Waals surface area contributed by atoms with Crippen molar-refractivity contribution in [3.8, 4) is 0 Å². The molecule has 21 heavy (non-hydrogen) atoms. The Balaban J connectivity index is 2.37. The number of aromatic amines is 1. The molecule has 0 aromatic carbocycles. The van der Waals surface area contributed by atoms with E-state index in [1.165, 1.54) is 5.56 Å². The van der Waals surface area contributed by atoms with Crippen LogP contribution < -0.4 is 10.6 Å². The van der Waals surface area contributed by atoms with Crippen molar-refractivity contribution in [3.63, 3.8) is 0 Å². The van der Waals surface area contributed by atoms with E-state index in [0.29, 0.717) is 0 Å². The van der Waals surface area contributed by atoms with Crippen molar-refractivity contribution in [2.75, 3.05) is 25.9 Å². The number of hydrogen-bond donors (Lipinski definition) is 3. The van der Waals surface area contributed by atoms with Gasteiger partial charge in [-0.25, -0.2) is 0 Å². The molecule has 0 aliphatic heterocycles. The molecule has 120 valence electrons. The highest BCUT2D eigenvalue weighted by atomic mass is 32.2. The fraction of sp³-hybridized carbons (Fsp3) is 0.733. The predicted octanol–water partition coefficient (Wildman–Crippen LogP) is 2.35. The zero-order valence-corrected chi connectivity index (χ0v) is 14.7. The van der Waals surface area contributed by atoms with Crippen LogP contribution in [0.4, 0.5) is 0 Å². The number of thioether (sulfide) groups is 1. The van der Waals surface area contributed by atoms with E-state index in [1.807, 2.05) is 18.0 Å². The van der Waals surface area contributed by atoms with Gasteiger partial charge >= 0.3 is 0 Å². The molecule has 0 atom stereocenters. The molecule has 1 aromatic rings. The molecule has 0 fully saturated rings. The van der Waals surface area contributed by atoms with Gasteiger partial charge in [0.1, 0.15) is 0 Å². The van der Waals surface area contributed by atoms with Gasteiger partial charge in [0.15, 0.2) is 5.96 Å². The zero-order chi connectivity index (χ0) is 15.7. The quantitative estimate of drug-likeness (QED) is 0.392. The molecule has 0 amide bonds. The highest BCUT2D eigenvalue weighted by molar-refractivity contribution is 7.99. The first kappa shape index (κ1) is 17.9. The molecular formula is C15H29N5S. The molecular weight excluding hydrogens is 282 g/mol. The highest BCUT2D eigenvalue weighted by Crippen LogP contribution is 2.20. The topological polar surface area (TPSA) is 65.1 Å². The number of rotatable bonds is 8. The lowest BCUT2D eigenvalue weighted by Gasteiger charge is -2.20. The zero-order valence-electron chi connectivity index (χ0n) is 13.9. The van der Waals surface area contributed by atoms with E-state index in [1.54, 1.807) is 0 Å². The Morgan fingerprint density at radius 3 is 2.76 bits per heavy atom. The van der Waals surface area contributed by atoms with E-state index in [0.717, 1.165) is 44.1 Å². The molecule has 0 aliphatic carbocycles. The predicted molar refractivity (Wildman–Crippen MR) is 93.2 cm³/mol. The summed E-state index contributed by atoms with van der Waals surface area (Å²) >= 11 is 1.84. The van der Waals surface area contributed by atoms with Gasteiger partial charge in [-0.3, -0.25) is 10.1 Å². The van der Waals surface area contributed by atoms with Gasteiger partial charge in [-0.05, 0) is 52.4 Å². The first-order chi connectivity index (χ1) is 9.98. The molecule has 1 heterocycles. The van der Waals surface area contributed by atoms with Crippen LogP contribution in [0.1, 0.15) is 38.4 Å². The Bertz CT molecular complexity index is 439. The van der Waals surface area contributed by atoms with Gasteiger partial charge in [0.2, 0.25) is 0 Å². The molecule has 0 radical (unpaired) electrons. The lowest BCUT2D eigenvalue weighted by Crippen LogP contribution is -2.39. The van der Waals surface area contributed by atoms with Gasteiger partial charge in [-0.1, -0.05) is 0 Å². The summed E-state index contributed by atoms with van der Waals surface area (Å²) in [5.74, 6) is 0.906. The van der Waals surface area contributed by atoms with Gasteiger partial charge in [-0.15, -0.1) is 0 Å². The average Bonchev–Trinajstić information content (AvgIpc) is 2.86. The lowest BCUT2D eigenvalue weighted by molar-refractivity contribution is 0.701. The molecule has 1 aromatic heterocycles. The van der Waals surface area contributed by atoms with Crippen LogP contribution in [-0.2, 0) is 6.42 Å². The molecule has 5 nitrogen and oxygen atoms in total. The number of nitrogens with zero attached hydrogens (tertiary/aromatic N) is 2. The number of guanidine groups is 1. The first-order valence-corrected chi connectivity index (χ1v) is 8.77. The minimum Gasteiger partial charge on any atom is -0.357 e. The summed E-state index contributed by atoms with van der Waals surface area (Å²) in [4.78, 5) is 4.66. The third-order valence-electron chi connectivity index (χ3n) is 3.36. The van der Waals surface area contributed by atoms with Gasteiger partial charge < -0.3 is 10.6 Å². The lowest BCUT2D eigenvalue weighted by atomic mass is 10.1. The number of hydrogen-bond acceptors (Lipinski definition) is 3. The van der Waals surface area contributed by atoms with E-state index in [-0.39, 0.29) is 4.75 Å². The van der Waals surface area contributed by atoms with E-state index in [4.69, 9.17) is 0 Å². The van der Waals surface area contributed by atoms with Crippen molar-refractivity contribution in [2.24, 2.45) is 4.99 Å². The number of aryl methyl sites for hydroxylation is 2. The third-order valence-corrected chi connectivity index (χ3v) is 4.60. The van der Waals surface area contributed by atoms with Crippen LogP contribution in [0.25, 0.3) is 0 Å². The summed E-state index contributed by atoms with van der Waals surface area (Å²) in [7, 11) is 0. The summed E-state index contributed by atoms with van der Waals surface area (Å²) in [5.41, 5.74) is 2.46. The van der Waals surface area contributed by atoms with Crippen LogP contribution in [0, 0.1) is 6.92 Å². The number of H-pyrrole nitrogens is 1. The van der Waals surface area contributed by atoms with Gasteiger partial charge in [0.05, 0.1) is 12.7 Å². The van der Waals surface area contributed by atoms with Crippen LogP contribution >= 0.6 is 11.8 Å². The van der Waals surface area contributed by atoms with Crippen LogP contribution in [0.2, 0.25) is 0 Å². The normalized spacial score (nSPS) is 12.5. The second-order valence-electron chi connectivity index (χ2n) is 5.71. The second kappa shape index (κ2) is 8.97. The number of aromatic nitrogens is 2. The third kappa shape index (κ3) is 6.89.